The van der Waals surface area contributed by atoms with Crippen molar-refractivity contribution in [3.63, 3.8) is 0 Å². The predicted molar refractivity (Wildman–Crippen MR) is 335 cm³/mol. The normalized spacial score (nSPS) is 12.1. The molecule has 0 saturated heterocycles. The van der Waals surface area contributed by atoms with Crippen LogP contribution in [-0.4, -0.2) is 176 Å². The van der Waals surface area contributed by atoms with Crippen molar-refractivity contribution in [2.75, 3.05) is 130 Å². The smallest absolute Gasteiger partial charge is 0.233 e. The van der Waals surface area contributed by atoms with Crippen molar-refractivity contribution < 1.29 is 83.2 Å². The van der Waals surface area contributed by atoms with Gasteiger partial charge in [0.2, 0.25) is 23.6 Å². The van der Waals surface area contributed by atoms with Gasteiger partial charge >= 0.3 is 0 Å². The molecule has 6 rings (SSSR count). The number of benzene rings is 3. The summed E-state index contributed by atoms with van der Waals surface area (Å²) in [5, 5.41) is 35.1. The molecule has 488 valence electrons. The van der Waals surface area contributed by atoms with E-state index in [1.807, 2.05) is 85.1 Å². The number of nitrogens with two attached hydrogens (primary N) is 2. The molecule has 3 heterocycles. The first-order valence-corrected chi connectivity index (χ1v) is 30.2. The van der Waals surface area contributed by atoms with Crippen molar-refractivity contribution in [2.45, 2.75) is 105 Å². The molecule has 4 aromatic rings. The molecule has 0 bridgehead atoms. The van der Waals surface area contributed by atoms with Crippen LogP contribution in [0.15, 0.2) is 72.8 Å². The molecule has 0 saturated carbocycles. The minimum atomic E-state index is -0.422. The fourth-order valence-corrected chi connectivity index (χ4v) is 8.81. The summed E-state index contributed by atoms with van der Waals surface area (Å²) < 4.78 is 50.2. The molecule has 3 amide bonds. The first kappa shape index (κ1) is 76.1. The summed E-state index contributed by atoms with van der Waals surface area (Å²) in [6, 6.07) is 23.6. The largest absolute Gasteiger partial charge is 0.676 e. The van der Waals surface area contributed by atoms with Gasteiger partial charge in [-0.3, -0.25) is 25.2 Å². The SMILES string of the molecule is CCCCc1nc(C(=N)N)c(C(=N)OC(C)C)n1Cc1ccc(CO)cc1.CCCOCCOCCOCCOCCOCCOCCOCCOCC[NH-].NC(=O)CCCC(=O)NCCC(=O)N1Cc2ccccc2C2=C(NCN2)c2ccccc21.[W]. The number of amidine groups is 1. The first-order chi connectivity index (χ1) is 42.3. The number of para-hydroxylation sites is 1. The number of nitrogens with one attached hydrogen (secondary N) is 6. The zero-order valence-corrected chi connectivity index (χ0v) is 54.9. The van der Waals surface area contributed by atoms with E-state index in [-0.39, 0.29) is 89.7 Å². The monoisotopic (exact) mass is 1400 g/mol. The molecular weight excluding hydrogens is 1300 g/mol. The zero-order valence-electron chi connectivity index (χ0n) is 52.0. The Bertz CT molecular complexity index is 2650. The Morgan fingerprint density at radius 1 is 0.670 bits per heavy atom. The Labute approximate surface area is 533 Å². The summed E-state index contributed by atoms with van der Waals surface area (Å²) in [6.45, 7) is 19.0. The first-order valence-electron chi connectivity index (χ1n) is 30.2. The van der Waals surface area contributed by atoms with Gasteiger partial charge in [-0.15, -0.1) is 6.54 Å². The number of imidazole rings is 1. The second-order valence-electron chi connectivity index (χ2n) is 20.3. The number of aliphatic hydroxyl groups is 1. The summed E-state index contributed by atoms with van der Waals surface area (Å²) >= 11 is 0. The number of aliphatic hydroxyl groups excluding tert-OH is 1. The van der Waals surface area contributed by atoms with Crippen LogP contribution < -0.4 is 32.3 Å². The predicted octanol–water partition coefficient (Wildman–Crippen LogP) is 6.05. The van der Waals surface area contributed by atoms with E-state index in [2.05, 4.69) is 40.8 Å². The number of carbonyl (C=O) groups is 3. The third-order valence-electron chi connectivity index (χ3n) is 13.0. The molecule has 0 radical (unpaired) electrons. The summed E-state index contributed by atoms with van der Waals surface area (Å²) in [4.78, 5) is 42.4. The van der Waals surface area contributed by atoms with Gasteiger partial charge in [0.1, 0.15) is 23.0 Å². The van der Waals surface area contributed by atoms with E-state index in [0.29, 0.717) is 137 Å². The van der Waals surface area contributed by atoms with E-state index in [1.54, 1.807) is 4.90 Å². The minimum absolute atomic E-state index is 0. The number of amides is 3. The number of aryl methyl sites for hydroxylation is 1. The van der Waals surface area contributed by atoms with Crippen LogP contribution in [0.25, 0.3) is 17.1 Å². The number of nitrogens with zero attached hydrogens (tertiary/aromatic N) is 3. The zero-order chi connectivity index (χ0) is 62.9. The van der Waals surface area contributed by atoms with Crippen LogP contribution in [0.3, 0.4) is 0 Å². The van der Waals surface area contributed by atoms with E-state index in [0.717, 1.165) is 83.0 Å². The second kappa shape index (κ2) is 46.0. The third kappa shape index (κ3) is 29.0. The van der Waals surface area contributed by atoms with Crippen molar-refractivity contribution in [1.82, 2.24) is 25.5 Å². The molecule has 0 unspecified atom stereocenters. The van der Waals surface area contributed by atoms with Crippen molar-refractivity contribution in [1.29, 1.82) is 10.8 Å². The Hall–Kier alpha value is -6.15. The summed E-state index contributed by atoms with van der Waals surface area (Å²) in [6.07, 6.45) is 4.55. The number of carbonyl (C=O) groups excluding carboxylic acids is 3. The molecule has 0 fully saturated rings. The quantitative estimate of drug-likeness (QED) is 0.0142. The number of unbranched alkanes of at least 4 members (excludes halogenated alkanes) is 1. The van der Waals surface area contributed by atoms with E-state index >= 15 is 0 Å². The third-order valence-corrected chi connectivity index (χ3v) is 13.0. The van der Waals surface area contributed by atoms with Gasteiger partial charge in [0, 0.05) is 84.2 Å². The van der Waals surface area contributed by atoms with Crippen molar-refractivity contribution in [3.8, 4) is 0 Å². The number of rotatable bonds is 41. The van der Waals surface area contributed by atoms with Crippen LogP contribution in [-0.2, 0) is 104 Å². The van der Waals surface area contributed by atoms with Gasteiger partial charge in [-0.25, -0.2) is 4.98 Å². The van der Waals surface area contributed by atoms with Crippen LogP contribution in [0, 0.1) is 10.8 Å². The number of hydrogen-bond donors (Lipinski definition) is 8. The Balaban J connectivity index is 0.000000345. The molecule has 0 atom stereocenters. The van der Waals surface area contributed by atoms with Gasteiger partial charge in [0.25, 0.3) is 0 Å². The van der Waals surface area contributed by atoms with E-state index in [1.165, 1.54) is 0 Å². The number of fused-ring (bicyclic) bond motifs is 4. The number of primary amides is 1. The maximum absolute atomic E-state index is 13.3. The Morgan fingerprint density at radius 3 is 1.69 bits per heavy atom. The van der Waals surface area contributed by atoms with Crippen LogP contribution in [0.2, 0.25) is 0 Å². The second-order valence-corrected chi connectivity index (χ2v) is 20.3. The van der Waals surface area contributed by atoms with Crippen molar-refractivity contribution in [3.05, 3.63) is 124 Å². The van der Waals surface area contributed by atoms with Gasteiger partial charge < -0.3 is 90.4 Å². The van der Waals surface area contributed by atoms with Gasteiger partial charge in [0.05, 0.1) is 136 Å². The molecule has 3 aromatic carbocycles. The molecule has 25 heteroatoms. The molecule has 0 aliphatic carbocycles. The van der Waals surface area contributed by atoms with Crippen LogP contribution >= 0.6 is 0 Å². The Morgan fingerprint density at radius 2 is 1.18 bits per heavy atom. The fraction of sp³-hybridized carbons (Fsp3) is 0.556. The van der Waals surface area contributed by atoms with E-state index in [9.17, 15) is 19.5 Å². The average molecular weight is 1400 g/mol. The van der Waals surface area contributed by atoms with Crippen molar-refractivity contribution >= 4 is 46.5 Å². The molecule has 2 aliphatic rings. The van der Waals surface area contributed by atoms with Gasteiger partial charge in [-0.1, -0.05) is 87.0 Å². The maximum atomic E-state index is 13.3. The minimum Gasteiger partial charge on any atom is -0.676 e. The molecule has 24 nitrogen and oxygen atoms in total. The number of hydrogen-bond acceptors (Lipinski definition) is 18. The summed E-state index contributed by atoms with van der Waals surface area (Å²) in [5.74, 6) is -0.0885. The van der Waals surface area contributed by atoms with E-state index < -0.39 is 5.91 Å². The summed E-state index contributed by atoms with van der Waals surface area (Å²) in [5.41, 5.74) is 26.3. The van der Waals surface area contributed by atoms with E-state index in [4.69, 9.17) is 70.7 Å². The molecule has 88 heavy (non-hydrogen) atoms. The Kier molecular flexibility index (Phi) is 39.8. The van der Waals surface area contributed by atoms with Crippen LogP contribution in [0.1, 0.15) is 118 Å². The van der Waals surface area contributed by atoms with Gasteiger partial charge in [-0.2, -0.15) is 0 Å². The molecule has 1 aromatic heterocycles. The molecule has 11 N–H and O–H groups in total. The van der Waals surface area contributed by atoms with Gasteiger partial charge in [0.15, 0.2) is 0 Å². The fourth-order valence-electron chi connectivity index (χ4n) is 8.81. The number of ether oxygens (including phenoxy) is 9. The summed E-state index contributed by atoms with van der Waals surface area (Å²) in [7, 11) is 0. The van der Waals surface area contributed by atoms with Crippen LogP contribution in [0.5, 0.6) is 0 Å². The van der Waals surface area contributed by atoms with Crippen LogP contribution in [0.4, 0.5) is 5.69 Å². The molecular formula is C63H96N11O13W-. The number of nitrogen functional groups attached to an aromatic ring is 1. The van der Waals surface area contributed by atoms with Gasteiger partial charge in [-0.05, 0) is 55.9 Å². The topological polar surface area (TPSA) is 335 Å². The van der Waals surface area contributed by atoms with Crippen molar-refractivity contribution in [2.24, 2.45) is 11.5 Å². The molecule has 2 aliphatic heterocycles. The number of anilines is 1. The maximum Gasteiger partial charge on any atom is 0.233 e. The average Bonchev–Trinajstić information content (AvgIpc) is 1.70. The number of aromatic nitrogens is 2. The molecule has 0 spiro atoms. The standard InChI is InChI=1S/C24H27N5O3.C20H29N5O2.C19H40NO8.W/c25-20(30)10-5-11-21(31)26-13-12-22(32)29-14-16-6-1-2-7-17(16)23-24(28-15-27-23)18-8-3-4-9-19(18)29;1-4-5-6-16-24-17(19(21)22)18(20(23)27-13(2)3)25(16)11-14-7-9-15(12-26)10-8-14;1-2-4-21-6-8-23-10-12-25-14-16-27-18-19-28-17-15-26-13-11-24-9-7-22-5-3-20;/h1-4,6-9,27-28H,5,10-15H2,(H2,25,30)(H,26,31);7-10,13,23,26H,4-6,11-12H2,1-3H3,(H3,21,22);20H,2-19H2,1H3;/q;;-1;.